The smallest absolute Gasteiger partial charge is 0.161 e. The molecule has 1 atom stereocenters. The van der Waals surface area contributed by atoms with Crippen LogP contribution in [0, 0.1) is 0 Å². The topological polar surface area (TPSA) is 73.3 Å². The molecule has 0 aliphatic carbocycles. The van der Waals surface area contributed by atoms with Gasteiger partial charge in [-0.15, -0.1) is 0 Å². The van der Waals surface area contributed by atoms with E-state index in [0.29, 0.717) is 11.5 Å². The van der Waals surface area contributed by atoms with Crippen molar-refractivity contribution < 1.29 is 13.7 Å². The first-order chi connectivity index (χ1) is 14.6. The van der Waals surface area contributed by atoms with E-state index in [2.05, 4.69) is 9.71 Å². The van der Waals surface area contributed by atoms with Gasteiger partial charge in [0.2, 0.25) is 0 Å². The fourth-order valence-corrected chi connectivity index (χ4v) is 3.90. The molecular formula is C23H21N3O3S. The van der Waals surface area contributed by atoms with Gasteiger partial charge < -0.3 is 9.47 Å². The van der Waals surface area contributed by atoms with E-state index in [-0.39, 0.29) is 0 Å². The summed E-state index contributed by atoms with van der Waals surface area (Å²) in [6.07, 6.45) is 1.76. The first-order valence-corrected chi connectivity index (χ1v) is 10.5. The second kappa shape index (κ2) is 8.61. The molecule has 0 spiro atoms. The third-order valence-corrected chi connectivity index (χ3v) is 5.89. The normalized spacial score (nSPS) is 12.0. The summed E-state index contributed by atoms with van der Waals surface area (Å²) >= 11 is 0. The minimum atomic E-state index is -1.22. The number of rotatable bonds is 6. The van der Waals surface area contributed by atoms with Gasteiger partial charge in [0.15, 0.2) is 11.5 Å². The average molecular weight is 420 g/mol. The lowest BCUT2D eigenvalue weighted by atomic mass is 10.0. The summed E-state index contributed by atoms with van der Waals surface area (Å²) in [5.74, 6) is 1.30. The van der Waals surface area contributed by atoms with E-state index in [4.69, 9.17) is 14.5 Å². The highest BCUT2D eigenvalue weighted by Gasteiger charge is 2.12. The van der Waals surface area contributed by atoms with Crippen LogP contribution in [0.2, 0.25) is 0 Å². The van der Waals surface area contributed by atoms with Crippen molar-refractivity contribution in [3.8, 4) is 33.9 Å². The molecule has 1 N–H and O–H groups in total. The Balaban J connectivity index is 1.81. The van der Waals surface area contributed by atoms with Crippen LogP contribution in [0.25, 0.3) is 33.4 Å². The molecular weight excluding hydrogens is 398 g/mol. The lowest BCUT2D eigenvalue weighted by molar-refractivity contribution is 0.355. The average Bonchev–Trinajstić information content (AvgIpc) is 2.82. The SMILES string of the molecule is CNS(=O)c1ccc(-c2cccc3ncc(-c4ccc(OC)c(OC)c4)nc23)cc1. The summed E-state index contributed by atoms with van der Waals surface area (Å²) in [5, 5.41) is 0. The van der Waals surface area contributed by atoms with Gasteiger partial charge in [-0.2, -0.15) is 0 Å². The van der Waals surface area contributed by atoms with E-state index in [9.17, 15) is 4.21 Å². The molecule has 0 aliphatic heterocycles. The highest BCUT2D eigenvalue weighted by atomic mass is 32.2. The summed E-state index contributed by atoms with van der Waals surface area (Å²) in [6.45, 7) is 0. The molecule has 0 radical (unpaired) electrons. The zero-order valence-electron chi connectivity index (χ0n) is 16.9. The first-order valence-electron chi connectivity index (χ1n) is 9.32. The predicted molar refractivity (Wildman–Crippen MR) is 119 cm³/mol. The zero-order valence-corrected chi connectivity index (χ0v) is 17.7. The summed E-state index contributed by atoms with van der Waals surface area (Å²) < 4.78 is 25.4. The van der Waals surface area contributed by atoms with Gasteiger partial charge in [0.25, 0.3) is 0 Å². The number of ether oxygens (including phenoxy) is 2. The Morgan fingerprint density at radius 3 is 2.33 bits per heavy atom. The molecule has 0 aliphatic rings. The van der Waals surface area contributed by atoms with Gasteiger partial charge in [-0.05, 0) is 49.0 Å². The maximum absolute atomic E-state index is 11.9. The molecule has 1 heterocycles. The summed E-state index contributed by atoms with van der Waals surface area (Å²) in [4.78, 5) is 10.2. The molecule has 0 amide bonds. The number of methoxy groups -OCH3 is 2. The number of hydrogen-bond acceptors (Lipinski definition) is 5. The lowest BCUT2D eigenvalue weighted by Crippen LogP contribution is -2.10. The second-order valence-electron chi connectivity index (χ2n) is 6.50. The fraction of sp³-hybridized carbons (Fsp3) is 0.130. The molecule has 30 heavy (non-hydrogen) atoms. The van der Waals surface area contributed by atoms with Gasteiger partial charge >= 0.3 is 0 Å². The second-order valence-corrected chi connectivity index (χ2v) is 7.91. The highest BCUT2D eigenvalue weighted by molar-refractivity contribution is 7.83. The molecule has 152 valence electrons. The van der Waals surface area contributed by atoms with Crippen LogP contribution < -0.4 is 14.2 Å². The van der Waals surface area contributed by atoms with Crippen molar-refractivity contribution in [2.75, 3.05) is 21.3 Å². The van der Waals surface area contributed by atoms with Crippen LogP contribution in [0.5, 0.6) is 11.5 Å². The molecule has 0 bridgehead atoms. The molecule has 4 aromatic rings. The Hall–Kier alpha value is -3.29. The van der Waals surface area contributed by atoms with E-state index in [0.717, 1.165) is 38.3 Å². The maximum Gasteiger partial charge on any atom is 0.161 e. The third-order valence-electron chi connectivity index (χ3n) is 4.82. The molecule has 0 saturated carbocycles. The molecule has 3 aromatic carbocycles. The van der Waals surface area contributed by atoms with Gasteiger partial charge in [0, 0.05) is 11.1 Å². The molecule has 4 rings (SSSR count). The Kier molecular flexibility index (Phi) is 5.74. The van der Waals surface area contributed by atoms with Crippen molar-refractivity contribution in [1.29, 1.82) is 0 Å². The zero-order chi connectivity index (χ0) is 21.1. The van der Waals surface area contributed by atoms with Crippen molar-refractivity contribution in [3.63, 3.8) is 0 Å². The Labute approximate surface area is 177 Å². The molecule has 0 saturated heterocycles. The maximum atomic E-state index is 11.9. The number of fused-ring (bicyclic) bond motifs is 1. The Morgan fingerprint density at radius 2 is 1.63 bits per heavy atom. The van der Waals surface area contributed by atoms with Crippen molar-refractivity contribution >= 4 is 22.0 Å². The largest absolute Gasteiger partial charge is 0.493 e. The van der Waals surface area contributed by atoms with Crippen LogP contribution in [-0.2, 0) is 11.0 Å². The molecule has 6 nitrogen and oxygen atoms in total. The molecule has 0 fully saturated rings. The Morgan fingerprint density at radius 1 is 0.900 bits per heavy atom. The van der Waals surface area contributed by atoms with Crippen molar-refractivity contribution in [3.05, 3.63) is 66.9 Å². The number of aromatic nitrogens is 2. The van der Waals surface area contributed by atoms with Crippen LogP contribution in [0.4, 0.5) is 0 Å². The van der Waals surface area contributed by atoms with Crippen LogP contribution >= 0.6 is 0 Å². The highest BCUT2D eigenvalue weighted by Crippen LogP contribution is 2.33. The fourth-order valence-electron chi connectivity index (χ4n) is 3.28. The van der Waals surface area contributed by atoms with Crippen LogP contribution in [0.15, 0.2) is 71.8 Å². The van der Waals surface area contributed by atoms with Gasteiger partial charge in [-0.3, -0.25) is 4.98 Å². The van der Waals surface area contributed by atoms with E-state index >= 15 is 0 Å². The minimum absolute atomic E-state index is 0.637. The van der Waals surface area contributed by atoms with E-state index in [1.54, 1.807) is 27.5 Å². The quantitative estimate of drug-likeness (QED) is 0.506. The third kappa shape index (κ3) is 3.77. The van der Waals surface area contributed by atoms with Crippen LogP contribution in [0.3, 0.4) is 0 Å². The standard InChI is InChI=1S/C23H21N3O3S/c1-24-30(27)17-10-7-15(8-11-17)18-5-4-6-19-23(18)26-20(14-25-19)16-9-12-21(28-2)22(13-16)29-3/h4-14,24H,1-3H3. The van der Waals surface area contributed by atoms with Crippen LogP contribution in [0.1, 0.15) is 0 Å². The lowest BCUT2D eigenvalue weighted by Gasteiger charge is -2.11. The summed E-state index contributed by atoms with van der Waals surface area (Å²) in [5.41, 5.74) is 5.17. The van der Waals surface area contributed by atoms with Crippen molar-refractivity contribution in [2.45, 2.75) is 4.90 Å². The summed E-state index contributed by atoms with van der Waals surface area (Å²) in [7, 11) is 3.67. The number of nitrogens with zero attached hydrogens (tertiary/aromatic N) is 2. The van der Waals surface area contributed by atoms with E-state index in [1.807, 2.05) is 60.7 Å². The predicted octanol–water partition coefficient (Wildman–Crippen LogP) is 4.22. The van der Waals surface area contributed by atoms with E-state index in [1.165, 1.54) is 0 Å². The molecule has 1 aromatic heterocycles. The number of nitrogens with one attached hydrogen (secondary N) is 1. The Bertz CT molecular complexity index is 1230. The number of benzene rings is 3. The first kappa shape index (κ1) is 20.0. The number of hydrogen-bond donors (Lipinski definition) is 1. The van der Waals surface area contributed by atoms with Gasteiger partial charge in [-0.1, -0.05) is 24.3 Å². The monoisotopic (exact) mass is 419 g/mol. The minimum Gasteiger partial charge on any atom is -0.493 e. The molecule has 1 unspecified atom stereocenters. The van der Waals surface area contributed by atoms with Gasteiger partial charge in [0.1, 0.15) is 11.0 Å². The van der Waals surface area contributed by atoms with Crippen molar-refractivity contribution in [2.24, 2.45) is 0 Å². The number of para-hydroxylation sites is 1. The summed E-state index contributed by atoms with van der Waals surface area (Å²) in [6, 6.07) is 19.2. The van der Waals surface area contributed by atoms with Crippen molar-refractivity contribution in [1.82, 2.24) is 14.7 Å². The van der Waals surface area contributed by atoms with E-state index < -0.39 is 11.0 Å². The van der Waals surface area contributed by atoms with Gasteiger partial charge in [-0.25, -0.2) is 13.9 Å². The van der Waals surface area contributed by atoms with Gasteiger partial charge in [0.05, 0.1) is 42.0 Å². The van der Waals surface area contributed by atoms with Crippen LogP contribution in [-0.4, -0.2) is 35.4 Å². The molecule has 7 heteroatoms.